The highest BCUT2D eigenvalue weighted by molar-refractivity contribution is 7.89. The van der Waals surface area contributed by atoms with Gasteiger partial charge in [-0.25, -0.2) is 13.2 Å². The molecule has 1 aliphatic rings. The average molecular weight is 427 g/mol. The van der Waals surface area contributed by atoms with Crippen molar-refractivity contribution in [2.24, 2.45) is 0 Å². The molecule has 2 aromatic carbocycles. The van der Waals surface area contributed by atoms with Crippen molar-refractivity contribution in [1.82, 2.24) is 9.62 Å². The van der Waals surface area contributed by atoms with Crippen molar-refractivity contribution in [3.05, 3.63) is 65.7 Å². The number of amides is 1. The molecule has 1 amide bonds. The summed E-state index contributed by atoms with van der Waals surface area (Å²) >= 11 is 0. The summed E-state index contributed by atoms with van der Waals surface area (Å²) < 4.78 is 27.1. The summed E-state index contributed by atoms with van der Waals surface area (Å²) in [4.78, 5) is 24.4. The second kappa shape index (κ2) is 9.07. The maximum Gasteiger partial charge on any atom is 0.326 e. The van der Waals surface area contributed by atoms with E-state index < -0.39 is 34.0 Å². The molecule has 0 saturated carbocycles. The number of aliphatic carboxylic acids is 1. The Labute approximate surface area is 174 Å². The average Bonchev–Trinajstić information content (AvgIpc) is 3.25. The molecule has 9 heteroatoms. The van der Waals surface area contributed by atoms with Gasteiger partial charge in [0.05, 0.1) is 16.5 Å². The van der Waals surface area contributed by atoms with Gasteiger partial charge in [-0.15, -0.1) is 0 Å². The number of carboxylic acids is 1. The molecule has 8 nitrogen and oxygen atoms in total. The van der Waals surface area contributed by atoms with E-state index in [-0.39, 0.29) is 17.9 Å². The summed E-state index contributed by atoms with van der Waals surface area (Å²) in [5.74, 6) is -1.82. The Bertz CT molecular complexity index is 1060. The lowest BCUT2D eigenvalue weighted by Gasteiger charge is -2.25. The highest BCUT2D eigenvalue weighted by Crippen LogP contribution is 2.26. The molecule has 30 heavy (non-hydrogen) atoms. The Balaban J connectivity index is 1.77. The maximum absolute atomic E-state index is 13.0. The number of nitrogens with one attached hydrogen (secondary N) is 1. The van der Waals surface area contributed by atoms with E-state index in [0.717, 1.165) is 9.87 Å². The van der Waals surface area contributed by atoms with Crippen molar-refractivity contribution in [3.63, 3.8) is 0 Å². The molecule has 2 aromatic rings. The molecular formula is C21H21N3O5S. The zero-order valence-electron chi connectivity index (χ0n) is 16.1. The Kier molecular flexibility index (Phi) is 6.50. The van der Waals surface area contributed by atoms with E-state index in [4.69, 9.17) is 5.26 Å². The van der Waals surface area contributed by atoms with Gasteiger partial charge in [0.15, 0.2) is 0 Å². The number of benzene rings is 2. The summed E-state index contributed by atoms with van der Waals surface area (Å²) in [6.07, 6.45) is 0.889. The van der Waals surface area contributed by atoms with Gasteiger partial charge in [0.2, 0.25) is 15.9 Å². The van der Waals surface area contributed by atoms with Gasteiger partial charge in [-0.05, 0) is 42.7 Å². The van der Waals surface area contributed by atoms with Crippen LogP contribution in [0.15, 0.2) is 59.5 Å². The van der Waals surface area contributed by atoms with Gasteiger partial charge in [-0.2, -0.15) is 9.57 Å². The zero-order chi connectivity index (χ0) is 21.7. The third kappa shape index (κ3) is 4.67. The molecule has 0 aliphatic carbocycles. The summed E-state index contributed by atoms with van der Waals surface area (Å²) in [7, 11) is -3.96. The molecule has 0 aromatic heterocycles. The molecule has 0 bridgehead atoms. The Morgan fingerprint density at radius 2 is 1.83 bits per heavy atom. The van der Waals surface area contributed by atoms with Gasteiger partial charge in [0.1, 0.15) is 12.1 Å². The molecule has 1 fully saturated rings. The van der Waals surface area contributed by atoms with Crippen LogP contribution in [0.2, 0.25) is 0 Å². The first kappa shape index (κ1) is 21.5. The molecule has 1 saturated heterocycles. The maximum atomic E-state index is 13.0. The van der Waals surface area contributed by atoms with Crippen LogP contribution < -0.4 is 5.32 Å². The fraction of sp³-hybridized carbons (Fsp3) is 0.286. The van der Waals surface area contributed by atoms with E-state index in [1.165, 1.54) is 24.3 Å². The first-order chi connectivity index (χ1) is 14.3. The van der Waals surface area contributed by atoms with Crippen molar-refractivity contribution in [2.45, 2.75) is 36.2 Å². The van der Waals surface area contributed by atoms with E-state index in [1.54, 1.807) is 24.3 Å². The lowest BCUT2D eigenvalue weighted by atomic mass is 10.1. The fourth-order valence-corrected chi connectivity index (χ4v) is 5.10. The molecule has 0 spiro atoms. The van der Waals surface area contributed by atoms with E-state index in [9.17, 15) is 23.1 Å². The summed E-state index contributed by atoms with van der Waals surface area (Å²) in [5.41, 5.74) is 1.08. The largest absolute Gasteiger partial charge is 0.480 e. The molecule has 156 valence electrons. The normalized spacial score (nSPS) is 17.8. The zero-order valence-corrected chi connectivity index (χ0v) is 16.9. The molecule has 3 rings (SSSR count). The number of hydrogen-bond acceptors (Lipinski definition) is 5. The lowest BCUT2D eigenvalue weighted by Crippen LogP contribution is -2.51. The quantitative estimate of drug-likeness (QED) is 0.690. The van der Waals surface area contributed by atoms with Crippen molar-refractivity contribution < 1.29 is 23.1 Å². The Morgan fingerprint density at radius 1 is 1.17 bits per heavy atom. The Hall–Kier alpha value is -3.22. The molecule has 2 atom stereocenters. The Morgan fingerprint density at radius 3 is 2.43 bits per heavy atom. The molecule has 1 aliphatic heterocycles. The number of nitriles is 1. The molecular weight excluding hydrogens is 406 g/mol. The fourth-order valence-electron chi connectivity index (χ4n) is 3.44. The molecule has 0 radical (unpaired) electrons. The molecule has 1 heterocycles. The van der Waals surface area contributed by atoms with Gasteiger partial charge >= 0.3 is 5.97 Å². The third-order valence-corrected chi connectivity index (χ3v) is 6.92. The second-order valence-electron chi connectivity index (χ2n) is 7.00. The number of rotatable bonds is 7. The monoisotopic (exact) mass is 427 g/mol. The van der Waals surface area contributed by atoms with Crippen LogP contribution in [-0.2, 0) is 26.0 Å². The summed E-state index contributed by atoms with van der Waals surface area (Å²) in [5, 5.41) is 20.9. The van der Waals surface area contributed by atoms with Gasteiger partial charge in [-0.3, -0.25) is 4.79 Å². The topological polar surface area (TPSA) is 128 Å². The van der Waals surface area contributed by atoms with Gasteiger partial charge in [-0.1, -0.05) is 30.3 Å². The lowest BCUT2D eigenvalue weighted by molar-refractivity contribution is -0.142. The van der Waals surface area contributed by atoms with Crippen LogP contribution >= 0.6 is 0 Å². The SMILES string of the molecule is N#Cc1ccc(S(=O)(=O)N2CCC[C@H]2C(=O)N[C@@H](Cc2ccccc2)C(=O)O)cc1. The van der Waals surface area contributed by atoms with Crippen molar-refractivity contribution in [2.75, 3.05) is 6.54 Å². The minimum absolute atomic E-state index is 0.0136. The smallest absolute Gasteiger partial charge is 0.326 e. The van der Waals surface area contributed by atoms with E-state index in [2.05, 4.69) is 5.32 Å². The van der Waals surface area contributed by atoms with Crippen LogP contribution in [0.5, 0.6) is 0 Å². The second-order valence-corrected chi connectivity index (χ2v) is 8.89. The van der Waals surface area contributed by atoms with Crippen molar-refractivity contribution >= 4 is 21.9 Å². The van der Waals surface area contributed by atoms with Crippen LogP contribution in [0.4, 0.5) is 0 Å². The number of hydrogen-bond donors (Lipinski definition) is 2. The number of carbonyl (C=O) groups excluding carboxylic acids is 1. The van der Waals surface area contributed by atoms with Crippen LogP contribution in [0.3, 0.4) is 0 Å². The highest BCUT2D eigenvalue weighted by atomic mass is 32.2. The van der Waals surface area contributed by atoms with Crippen molar-refractivity contribution in [3.8, 4) is 6.07 Å². The number of carboxylic acid groups (broad SMARTS) is 1. The number of carbonyl (C=O) groups is 2. The standard InChI is InChI=1S/C21H21N3O5S/c22-14-16-8-10-17(11-9-16)30(28,29)24-12-4-7-19(24)20(25)23-18(21(26)27)13-15-5-2-1-3-6-15/h1-3,5-6,8-11,18-19H,4,7,12-13H2,(H,23,25)(H,26,27)/t18-,19-/m0/s1. The van der Waals surface area contributed by atoms with E-state index in [1.807, 2.05) is 12.1 Å². The number of sulfonamides is 1. The molecule has 0 unspecified atom stereocenters. The minimum atomic E-state index is -3.96. The first-order valence-electron chi connectivity index (χ1n) is 9.42. The van der Waals surface area contributed by atoms with Gasteiger partial charge in [0.25, 0.3) is 0 Å². The van der Waals surface area contributed by atoms with Crippen LogP contribution in [0.1, 0.15) is 24.0 Å². The van der Waals surface area contributed by atoms with Gasteiger partial charge < -0.3 is 10.4 Å². The summed E-state index contributed by atoms with van der Waals surface area (Å²) in [6.45, 7) is 0.164. The third-order valence-electron chi connectivity index (χ3n) is 4.99. The summed E-state index contributed by atoms with van der Waals surface area (Å²) in [6, 6.07) is 14.1. The van der Waals surface area contributed by atoms with Crippen LogP contribution in [0.25, 0.3) is 0 Å². The minimum Gasteiger partial charge on any atom is -0.480 e. The van der Waals surface area contributed by atoms with Crippen LogP contribution in [-0.4, -0.2) is 48.3 Å². The molecule has 2 N–H and O–H groups in total. The predicted octanol–water partition coefficient (Wildman–Crippen LogP) is 1.52. The predicted molar refractivity (Wildman–Crippen MR) is 108 cm³/mol. The van der Waals surface area contributed by atoms with Crippen molar-refractivity contribution in [1.29, 1.82) is 5.26 Å². The van der Waals surface area contributed by atoms with E-state index >= 15 is 0 Å². The van der Waals surface area contributed by atoms with E-state index in [0.29, 0.717) is 18.4 Å². The highest BCUT2D eigenvalue weighted by Gasteiger charge is 2.40. The first-order valence-corrected chi connectivity index (χ1v) is 10.9. The number of nitrogens with zero attached hydrogens (tertiary/aromatic N) is 2. The van der Waals surface area contributed by atoms with Gasteiger partial charge in [0, 0.05) is 13.0 Å². The van der Waals surface area contributed by atoms with Crippen LogP contribution in [0, 0.1) is 11.3 Å².